The van der Waals surface area contributed by atoms with Gasteiger partial charge in [-0.25, -0.2) is 9.18 Å². The molecule has 6 nitrogen and oxygen atoms in total. The fourth-order valence-corrected chi connectivity index (χ4v) is 4.07. The van der Waals surface area contributed by atoms with Gasteiger partial charge in [-0.3, -0.25) is 4.98 Å². The van der Waals surface area contributed by atoms with Gasteiger partial charge in [0, 0.05) is 43.8 Å². The SMILES string of the molecule is CCOC(=O)c1cnc2cc(F)c(N3CCN(C)CC3)cc2c1Nc1cccc(Cl)c1Cl. The van der Waals surface area contributed by atoms with Gasteiger partial charge in [0.05, 0.1) is 39.2 Å². The predicted octanol–water partition coefficient (Wildman–Crippen LogP) is 5.35. The number of hydrogen-bond acceptors (Lipinski definition) is 6. The summed E-state index contributed by atoms with van der Waals surface area (Å²) >= 11 is 12.6. The number of likely N-dealkylation sites (N-methyl/N-ethyl adjacent to an activating group) is 1. The minimum Gasteiger partial charge on any atom is -0.462 e. The summed E-state index contributed by atoms with van der Waals surface area (Å²) in [4.78, 5) is 21.2. The van der Waals surface area contributed by atoms with Gasteiger partial charge in [-0.1, -0.05) is 29.3 Å². The van der Waals surface area contributed by atoms with Crippen LogP contribution >= 0.6 is 23.2 Å². The van der Waals surface area contributed by atoms with Gasteiger partial charge in [0.25, 0.3) is 0 Å². The van der Waals surface area contributed by atoms with E-state index in [9.17, 15) is 4.79 Å². The fourth-order valence-electron chi connectivity index (χ4n) is 3.73. The molecule has 1 saturated heterocycles. The van der Waals surface area contributed by atoms with Crippen molar-refractivity contribution in [2.24, 2.45) is 0 Å². The molecule has 2 heterocycles. The van der Waals surface area contributed by atoms with E-state index in [1.807, 2.05) is 11.9 Å². The maximum Gasteiger partial charge on any atom is 0.341 e. The van der Waals surface area contributed by atoms with Crippen molar-refractivity contribution < 1.29 is 13.9 Å². The Morgan fingerprint density at radius 1 is 1.22 bits per heavy atom. The molecule has 1 fully saturated rings. The van der Waals surface area contributed by atoms with Gasteiger partial charge in [-0.05, 0) is 32.2 Å². The lowest BCUT2D eigenvalue weighted by atomic mass is 10.1. The minimum atomic E-state index is -0.534. The van der Waals surface area contributed by atoms with E-state index >= 15 is 4.39 Å². The van der Waals surface area contributed by atoms with Crippen LogP contribution in [0.2, 0.25) is 10.0 Å². The minimum absolute atomic E-state index is 0.212. The Bertz CT molecular complexity index is 1170. The Kier molecular flexibility index (Phi) is 6.69. The summed E-state index contributed by atoms with van der Waals surface area (Å²) in [5, 5.41) is 4.49. The summed E-state index contributed by atoms with van der Waals surface area (Å²) in [7, 11) is 2.04. The Morgan fingerprint density at radius 3 is 2.69 bits per heavy atom. The molecule has 1 N–H and O–H groups in total. The second kappa shape index (κ2) is 9.48. The summed E-state index contributed by atoms with van der Waals surface area (Å²) in [5.74, 6) is -0.891. The molecule has 1 aromatic heterocycles. The number of pyridine rings is 1. The quantitative estimate of drug-likeness (QED) is 0.500. The standard InChI is InChI=1S/C23H23Cl2FN4O2/c1-3-32-23(31)15-13-27-19-12-17(26)20(30-9-7-29(2)8-10-30)11-14(19)22(15)28-18-6-4-5-16(24)21(18)25/h4-6,11-13H,3,7-10H2,1-2H3,(H,27,28). The molecular formula is C23H23Cl2FN4O2. The number of nitrogens with zero attached hydrogens (tertiary/aromatic N) is 3. The highest BCUT2D eigenvalue weighted by molar-refractivity contribution is 6.43. The third-order valence-corrected chi connectivity index (χ3v) is 6.31. The van der Waals surface area contributed by atoms with Gasteiger partial charge in [0.2, 0.25) is 0 Å². The molecule has 0 atom stereocenters. The first-order valence-electron chi connectivity index (χ1n) is 10.3. The third-order valence-electron chi connectivity index (χ3n) is 5.49. The topological polar surface area (TPSA) is 57.7 Å². The first kappa shape index (κ1) is 22.6. The van der Waals surface area contributed by atoms with Crippen LogP contribution in [-0.4, -0.2) is 55.7 Å². The first-order chi connectivity index (χ1) is 15.4. The van der Waals surface area contributed by atoms with Gasteiger partial charge >= 0.3 is 5.97 Å². The second-order valence-electron chi connectivity index (χ2n) is 7.60. The number of esters is 1. The number of carbonyl (C=O) groups excluding carboxylic acids is 1. The number of benzene rings is 2. The number of piperazine rings is 1. The van der Waals surface area contributed by atoms with E-state index in [0.29, 0.717) is 51.1 Å². The van der Waals surface area contributed by atoms with Crippen molar-refractivity contribution in [2.75, 3.05) is 50.1 Å². The molecule has 0 unspecified atom stereocenters. The summed E-state index contributed by atoms with van der Waals surface area (Å²) in [6.45, 7) is 5.02. The van der Waals surface area contributed by atoms with E-state index in [1.54, 1.807) is 31.2 Å². The Labute approximate surface area is 195 Å². The van der Waals surface area contributed by atoms with Gasteiger partial charge in [0.1, 0.15) is 11.4 Å². The Hall–Kier alpha value is -2.61. The lowest BCUT2D eigenvalue weighted by Gasteiger charge is -2.34. The van der Waals surface area contributed by atoms with Gasteiger partial charge in [0.15, 0.2) is 0 Å². The lowest BCUT2D eigenvalue weighted by Crippen LogP contribution is -2.44. The molecule has 1 aliphatic heterocycles. The van der Waals surface area contributed by atoms with E-state index in [2.05, 4.69) is 15.2 Å². The number of fused-ring (bicyclic) bond motifs is 1. The highest BCUT2D eigenvalue weighted by atomic mass is 35.5. The van der Waals surface area contributed by atoms with E-state index in [-0.39, 0.29) is 18.0 Å². The molecule has 0 amide bonds. The van der Waals surface area contributed by atoms with Crippen LogP contribution in [0.4, 0.5) is 21.5 Å². The number of anilines is 3. The van der Waals surface area contributed by atoms with Crippen molar-refractivity contribution in [1.82, 2.24) is 9.88 Å². The molecule has 9 heteroatoms. The van der Waals surface area contributed by atoms with Gasteiger partial charge < -0.3 is 19.9 Å². The predicted molar refractivity (Wildman–Crippen MR) is 127 cm³/mol. The first-order valence-corrected chi connectivity index (χ1v) is 11.1. The zero-order chi connectivity index (χ0) is 22.8. The van der Waals surface area contributed by atoms with Crippen LogP contribution in [0.5, 0.6) is 0 Å². The lowest BCUT2D eigenvalue weighted by molar-refractivity contribution is 0.0527. The van der Waals surface area contributed by atoms with Gasteiger partial charge in [-0.15, -0.1) is 0 Å². The average Bonchev–Trinajstić information content (AvgIpc) is 2.77. The molecule has 0 radical (unpaired) electrons. The number of carbonyl (C=O) groups is 1. The van der Waals surface area contributed by atoms with Crippen LogP contribution in [0, 0.1) is 5.82 Å². The van der Waals surface area contributed by atoms with Crippen LogP contribution in [0.25, 0.3) is 10.9 Å². The highest BCUT2D eigenvalue weighted by Crippen LogP contribution is 2.37. The highest BCUT2D eigenvalue weighted by Gasteiger charge is 2.22. The summed E-state index contributed by atoms with van der Waals surface area (Å²) in [6, 6.07) is 8.29. The summed E-state index contributed by atoms with van der Waals surface area (Å²) in [5.41, 5.74) is 2.06. The van der Waals surface area contributed by atoms with Crippen molar-refractivity contribution in [3.63, 3.8) is 0 Å². The normalized spacial score (nSPS) is 14.6. The average molecular weight is 477 g/mol. The van der Waals surface area contributed by atoms with Crippen molar-refractivity contribution >= 4 is 57.1 Å². The molecule has 32 heavy (non-hydrogen) atoms. The molecule has 4 rings (SSSR count). The zero-order valence-electron chi connectivity index (χ0n) is 17.8. The number of ether oxygens (including phenoxy) is 1. The van der Waals surface area contributed by atoms with Crippen molar-refractivity contribution in [3.8, 4) is 0 Å². The Morgan fingerprint density at radius 2 is 1.97 bits per heavy atom. The molecule has 0 aliphatic carbocycles. The molecule has 168 valence electrons. The van der Waals surface area contributed by atoms with Gasteiger partial charge in [-0.2, -0.15) is 0 Å². The maximum atomic E-state index is 15.0. The van der Waals surface area contributed by atoms with E-state index in [4.69, 9.17) is 27.9 Å². The summed E-state index contributed by atoms with van der Waals surface area (Å²) < 4.78 is 20.2. The molecule has 0 spiro atoms. The van der Waals surface area contributed by atoms with E-state index in [0.717, 1.165) is 13.1 Å². The number of hydrogen-bond donors (Lipinski definition) is 1. The van der Waals surface area contributed by atoms with Crippen LogP contribution < -0.4 is 10.2 Å². The monoisotopic (exact) mass is 476 g/mol. The maximum absolute atomic E-state index is 15.0. The van der Waals surface area contributed by atoms with Crippen LogP contribution in [0.1, 0.15) is 17.3 Å². The van der Waals surface area contributed by atoms with Crippen LogP contribution in [0.3, 0.4) is 0 Å². The Balaban J connectivity index is 1.88. The molecular weight excluding hydrogens is 454 g/mol. The van der Waals surface area contributed by atoms with Crippen molar-refractivity contribution in [2.45, 2.75) is 6.92 Å². The summed E-state index contributed by atoms with van der Waals surface area (Å²) in [6.07, 6.45) is 1.38. The number of aromatic nitrogens is 1. The van der Waals surface area contributed by atoms with Crippen LogP contribution in [0.15, 0.2) is 36.5 Å². The zero-order valence-corrected chi connectivity index (χ0v) is 19.3. The van der Waals surface area contributed by atoms with Crippen LogP contribution in [-0.2, 0) is 4.74 Å². The molecule has 2 aromatic carbocycles. The smallest absolute Gasteiger partial charge is 0.341 e. The number of halogens is 3. The largest absolute Gasteiger partial charge is 0.462 e. The molecule has 1 aliphatic rings. The second-order valence-corrected chi connectivity index (χ2v) is 8.39. The van der Waals surface area contributed by atoms with E-state index in [1.165, 1.54) is 12.3 Å². The van der Waals surface area contributed by atoms with Crippen molar-refractivity contribution in [1.29, 1.82) is 0 Å². The number of rotatable bonds is 5. The van der Waals surface area contributed by atoms with E-state index < -0.39 is 5.97 Å². The molecule has 0 bridgehead atoms. The van der Waals surface area contributed by atoms with Crippen molar-refractivity contribution in [3.05, 3.63) is 58.0 Å². The molecule has 0 saturated carbocycles. The molecule has 3 aromatic rings. The number of nitrogens with one attached hydrogen (secondary N) is 1. The third kappa shape index (κ3) is 4.46. The fraction of sp³-hybridized carbons (Fsp3) is 0.304.